The first-order valence-corrected chi connectivity index (χ1v) is 10.6. The van der Waals surface area contributed by atoms with E-state index in [4.69, 9.17) is 5.73 Å². The molecule has 0 atom stereocenters. The predicted molar refractivity (Wildman–Crippen MR) is 110 cm³/mol. The Hall–Kier alpha value is -2.39. The summed E-state index contributed by atoms with van der Waals surface area (Å²) >= 11 is 3.03. The molecule has 0 spiro atoms. The zero-order valence-electron chi connectivity index (χ0n) is 14.7. The zero-order chi connectivity index (χ0) is 18.6. The van der Waals surface area contributed by atoms with Gasteiger partial charge in [0.1, 0.15) is 16.5 Å². The van der Waals surface area contributed by atoms with E-state index in [1.165, 1.54) is 11.8 Å². The van der Waals surface area contributed by atoms with E-state index in [0.29, 0.717) is 23.1 Å². The van der Waals surface area contributed by atoms with Crippen molar-refractivity contribution < 1.29 is 4.79 Å². The minimum Gasteiger partial charge on any atom is -0.383 e. The summed E-state index contributed by atoms with van der Waals surface area (Å²) in [7, 11) is 0. The minimum absolute atomic E-state index is 0.174. The van der Waals surface area contributed by atoms with Crippen molar-refractivity contribution in [1.82, 2.24) is 19.9 Å². The molecule has 1 aliphatic heterocycles. The number of anilines is 2. The Morgan fingerprint density at radius 2 is 2.04 bits per heavy atom. The van der Waals surface area contributed by atoms with Crippen LogP contribution in [-0.4, -0.2) is 57.7 Å². The van der Waals surface area contributed by atoms with Gasteiger partial charge >= 0.3 is 0 Å². The molecule has 0 radical (unpaired) electrons. The highest BCUT2D eigenvalue weighted by molar-refractivity contribution is 7.99. The van der Waals surface area contributed by atoms with Gasteiger partial charge in [-0.05, 0) is 23.6 Å². The SMILES string of the molecule is Nc1nc(SCCC(=O)N2CCN(c3ccccn3)CC2)nc2sccc12. The van der Waals surface area contributed by atoms with Crippen LogP contribution in [0.4, 0.5) is 11.6 Å². The standard InChI is InChI=1S/C18H20N6OS2/c19-16-13-4-11-26-17(13)22-18(21-16)27-12-5-15(25)24-9-7-23(8-10-24)14-3-1-2-6-20-14/h1-4,6,11H,5,7-10,12H2,(H2,19,21,22). The number of nitrogen functional groups attached to an aromatic ring is 1. The molecule has 140 valence electrons. The molecule has 0 saturated carbocycles. The van der Waals surface area contributed by atoms with Crippen LogP contribution in [0.25, 0.3) is 10.2 Å². The Labute approximate surface area is 165 Å². The first kappa shape index (κ1) is 18.0. The number of carbonyl (C=O) groups is 1. The summed E-state index contributed by atoms with van der Waals surface area (Å²) in [6.45, 7) is 3.07. The number of pyridine rings is 1. The molecule has 4 heterocycles. The number of nitrogens with two attached hydrogens (primary N) is 1. The number of thiophene rings is 1. The Morgan fingerprint density at radius 3 is 2.81 bits per heavy atom. The van der Waals surface area contributed by atoms with Crippen molar-refractivity contribution in [3.05, 3.63) is 35.8 Å². The van der Waals surface area contributed by atoms with Crippen molar-refractivity contribution in [3.63, 3.8) is 0 Å². The van der Waals surface area contributed by atoms with Crippen molar-refractivity contribution >= 4 is 50.9 Å². The lowest BCUT2D eigenvalue weighted by Gasteiger charge is -2.35. The lowest BCUT2D eigenvalue weighted by molar-refractivity contribution is -0.131. The summed E-state index contributed by atoms with van der Waals surface area (Å²) in [5.41, 5.74) is 5.97. The molecular weight excluding hydrogens is 380 g/mol. The molecule has 3 aromatic heterocycles. The van der Waals surface area contributed by atoms with Gasteiger partial charge in [-0.3, -0.25) is 4.79 Å². The number of rotatable bonds is 5. The maximum absolute atomic E-state index is 12.5. The molecule has 27 heavy (non-hydrogen) atoms. The molecule has 4 rings (SSSR count). The van der Waals surface area contributed by atoms with E-state index in [2.05, 4.69) is 19.9 Å². The number of hydrogen-bond acceptors (Lipinski definition) is 8. The fraction of sp³-hybridized carbons (Fsp3) is 0.333. The van der Waals surface area contributed by atoms with Crippen molar-refractivity contribution in [2.45, 2.75) is 11.6 Å². The van der Waals surface area contributed by atoms with Crippen LogP contribution in [0.15, 0.2) is 41.0 Å². The van der Waals surface area contributed by atoms with Gasteiger partial charge in [-0.25, -0.2) is 15.0 Å². The van der Waals surface area contributed by atoms with Crippen LogP contribution < -0.4 is 10.6 Å². The Balaban J connectivity index is 1.26. The lowest BCUT2D eigenvalue weighted by Crippen LogP contribution is -2.49. The van der Waals surface area contributed by atoms with E-state index in [9.17, 15) is 4.79 Å². The fourth-order valence-electron chi connectivity index (χ4n) is 3.04. The third-order valence-corrected chi connectivity index (χ3v) is 6.14. The molecule has 0 unspecified atom stereocenters. The third-order valence-electron chi connectivity index (χ3n) is 4.49. The van der Waals surface area contributed by atoms with E-state index in [1.54, 1.807) is 17.5 Å². The zero-order valence-corrected chi connectivity index (χ0v) is 16.4. The van der Waals surface area contributed by atoms with Crippen LogP contribution >= 0.6 is 23.1 Å². The van der Waals surface area contributed by atoms with E-state index in [1.807, 2.05) is 34.5 Å². The third kappa shape index (κ3) is 4.14. The summed E-state index contributed by atoms with van der Waals surface area (Å²) < 4.78 is 0. The second kappa shape index (κ2) is 8.10. The van der Waals surface area contributed by atoms with Gasteiger partial charge in [0.05, 0.1) is 5.39 Å². The average Bonchev–Trinajstić information content (AvgIpc) is 3.18. The van der Waals surface area contributed by atoms with Gasteiger partial charge in [-0.1, -0.05) is 17.8 Å². The number of carbonyl (C=O) groups excluding carboxylic acids is 1. The van der Waals surface area contributed by atoms with Crippen LogP contribution in [0.1, 0.15) is 6.42 Å². The molecule has 0 aliphatic carbocycles. The molecule has 1 amide bonds. The topological polar surface area (TPSA) is 88.2 Å². The molecule has 1 fully saturated rings. The van der Waals surface area contributed by atoms with Gasteiger partial charge in [0.25, 0.3) is 0 Å². The number of hydrogen-bond donors (Lipinski definition) is 1. The van der Waals surface area contributed by atoms with Gasteiger partial charge in [0, 0.05) is 44.5 Å². The Kier molecular flexibility index (Phi) is 5.40. The molecule has 3 aromatic rings. The summed E-state index contributed by atoms with van der Waals surface area (Å²) in [4.78, 5) is 30.7. The molecule has 7 nitrogen and oxygen atoms in total. The summed E-state index contributed by atoms with van der Waals surface area (Å²) in [6, 6.07) is 7.83. The van der Waals surface area contributed by atoms with Gasteiger partial charge in [-0.2, -0.15) is 0 Å². The number of amides is 1. The highest BCUT2D eigenvalue weighted by Gasteiger charge is 2.21. The summed E-state index contributed by atoms with van der Waals surface area (Å²) in [6.07, 6.45) is 2.27. The molecular formula is C18H20N6OS2. The normalized spacial score (nSPS) is 14.7. The van der Waals surface area contributed by atoms with Crippen LogP contribution in [0, 0.1) is 0 Å². The van der Waals surface area contributed by atoms with Crippen LogP contribution in [0.2, 0.25) is 0 Å². The summed E-state index contributed by atoms with van der Waals surface area (Å²) in [5, 5.41) is 3.49. The average molecular weight is 401 g/mol. The quantitative estimate of drug-likeness (QED) is 0.520. The number of nitrogens with zero attached hydrogens (tertiary/aromatic N) is 5. The first-order chi connectivity index (χ1) is 13.2. The van der Waals surface area contributed by atoms with E-state index in [0.717, 1.165) is 42.2 Å². The fourth-order valence-corrected chi connectivity index (χ4v) is 4.64. The number of fused-ring (bicyclic) bond motifs is 1. The Morgan fingerprint density at radius 1 is 1.19 bits per heavy atom. The van der Waals surface area contributed by atoms with Gasteiger partial charge < -0.3 is 15.5 Å². The maximum Gasteiger partial charge on any atom is 0.223 e. The van der Waals surface area contributed by atoms with E-state index < -0.39 is 0 Å². The molecule has 1 aliphatic rings. The molecule has 0 bridgehead atoms. The van der Waals surface area contributed by atoms with Gasteiger partial charge in [0.15, 0.2) is 5.16 Å². The molecule has 1 saturated heterocycles. The van der Waals surface area contributed by atoms with Crippen molar-refractivity contribution in [3.8, 4) is 0 Å². The highest BCUT2D eigenvalue weighted by Crippen LogP contribution is 2.26. The molecule has 0 aromatic carbocycles. The Bertz CT molecular complexity index is 924. The number of thioether (sulfide) groups is 1. The summed E-state index contributed by atoms with van der Waals surface area (Å²) in [5.74, 6) is 2.29. The number of aromatic nitrogens is 3. The minimum atomic E-state index is 0.174. The monoisotopic (exact) mass is 400 g/mol. The second-order valence-electron chi connectivity index (χ2n) is 6.19. The van der Waals surface area contributed by atoms with Gasteiger partial charge in [0.2, 0.25) is 5.91 Å². The van der Waals surface area contributed by atoms with Crippen molar-refractivity contribution in [2.24, 2.45) is 0 Å². The van der Waals surface area contributed by atoms with Crippen LogP contribution in [0.3, 0.4) is 0 Å². The van der Waals surface area contributed by atoms with E-state index in [-0.39, 0.29) is 5.91 Å². The van der Waals surface area contributed by atoms with Crippen LogP contribution in [0.5, 0.6) is 0 Å². The van der Waals surface area contributed by atoms with Crippen molar-refractivity contribution in [2.75, 3.05) is 42.6 Å². The lowest BCUT2D eigenvalue weighted by atomic mass is 10.3. The molecule has 2 N–H and O–H groups in total. The number of piperazine rings is 1. The van der Waals surface area contributed by atoms with E-state index >= 15 is 0 Å². The van der Waals surface area contributed by atoms with Crippen molar-refractivity contribution in [1.29, 1.82) is 0 Å². The van der Waals surface area contributed by atoms with Crippen LogP contribution in [-0.2, 0) is 4.79 Å². The second-order valence-corrected chi connectivity index (χ2v) is 8.14. The maximum atomic E-state index is 12.5. The molecule has 9 heteroatoms. The first-order valence-electron chi connectivity index (χ1n) is 8.78. The smallest absolute Gasteiger partial charge is 0.223 e. The predicted octanol–water partition coefficient (Wildman–Crippen LogP) is 2.50. The largest absolute Gasteiger partial charge is 0.383 e. The van der Waals surface area contributed by atoms with Gasteiger partial charge in [-0.15, -0.1) is 11.3 Å². The highest BCUT2D eigenvalue weighted by atomic mass is 32.2.